The van der Waals surface area contributed by atoms with Crippen LogP contribution in [0.3, 0.4) is 0 Å². The lowest BCUT2D eigenvalue weighted by atomic mass is 10.00. The number of aromatic nitrogens is 4. The quantitative estimate of drug-likeness (QED) is 0.405. The molecule has 3 heterocycles. The number of pyridine rings is 2. The summed E-state index contributed by atoms with van der Waals surface area (Å²) >= 11 is 6.04. The van der Waals surface area contributed by atoms with Crippen molar-refractivity contribution in [2.24, 2.45) is 7.05 Å². The van der Waals surface area contributed by atoms with Gasteiger partial charge in [0.25, 0.3) is 0 Å². The molecule has 0 radical (unpaired) electrons. The third kappa shape index (κ3) is 4.76. The van der Waals surface area contributed by atoms with Crippen molar-refractivity contribution < 1.29 is 4.79 Å². The van der Waals surface area contributed by atoms with E-state index < -0.39 is 6.03 Å². The van der Waals surface area contributed by atoms with E-state index in [0.717, 1.165) is 40.8 Å². The highest BCUT2D eigenvalue weighted by molar-refractivity contribution is 6.29. The molecule has 0 aromatic carbocycles. The summed E-state index contributed by atoms with van der Waals surface area (Å²) in [5.74, 6) is 0.826. The van der Waals surface area contributed by atoms with Gasteiger partial charge < -0.3 is 5.32 Å². The maximum Gasteiger partial charge on any atom is 0.337 e. The lowest BCUT2D eigenvalue weighted by molar-refractivity contribution is 0.254. The van der Waals surface area contributed by atoms with Gasteiger partial charge in [-0.2, -0.15) is 5.10 Å². The van der Waals surface area contributed by atoms with Crippen LogP contribution >= 0.6 is 11.6 Å². The molecule has 0 atom stereocenters. The number of halogens is 1. The fraction of sp³-hybridized carbons (Fsp3) is 0.400. The number of aryl methyl sites for hydroxylation is 3. The Morgan fingerprint density at radius 3 is 2.69 bits per heavy atom. The second-order valence-corrected chi connectivity index (χ2v) is 7.67. The predicted octanol–water partition coefficient (Wildman–Crippen LogP) is 4.55. The van der Waals surface area contributed by atoms with Gasteiger partial charge >= 0.3 is 6.03 Å². The van der Waals surface area contributed by atoms with Crippen LogP contribution in [-0.4, -0.2) is 25.8 Å². The summed E-state index contributed by atoms with van der Waals surface area (Å²) in [6.07, 6.45) is 1.74. The van der Waals surface area contributed by atoms with E-state index in [2.05, 4.69) is 52.0 Å². The van der Waals surface area contributed by atoms with E-state index in [4.69, 9.17) is 11.6 Å². The van der Waals surface area contributed by atoms with Crippen molar-refractivity contribution in [3.63, 3.8) is 0 Å². The van der Waals surface area contributed by atoms with Crippen molar-refractivity contribution in [2.75, 3.05) is 10.7 Å². The molecule has 29 heavy (non-hydrogen) atoms. The summed E-state index contributed by atoms with van der Waals surface area (Å²) in [6, 6.07) is 4.93. The highest BCUT2D eigenvalue weighted by Gasteiger charge is 2.16. The minimum atomic E-state index is -0.427. The lowest BCUT2D eigenvalue weighted by Crippen LogP contribution is -2.34. The first kappa shape index (κ1) is 20.9. The SMILES string of the molecule is CCCc1cc(NC(=O)NNc2cc(C(C)C)c3c(C)nn(C)c3n2)cc(Cl)n1. The van der Waals surface area contributed by atoms with E-state index in [1.165, 1.54) is 0 Å². The Morgan fingerprint density at radius 2 is 2.00 bits per heavy atom. The van der Waals surface area contributed by atoms with Gasteiger partial charge in [0, 0.05) is 23.8 Å². The molecule has 0 fully saturated rings. The van der Waals surface area contributed by atoms with Crippen LogP contribution in [0.4, 0.5) is 16.3 Å². The monoisotopic (exact) mass is 415 g/mol. The zero-order valence-corrected chi connectivity index (χ0v) is 18.1. The first-order valence-corrected chi connectivity index (χ1v) is 10.00. The molecule has 0 bridgehead atoms. The second-order valence-electron chi connectivity index (χ2n) is 7.28. The fourth-order valence-corrected chi connectivity index (χ4v) is 3.51. The van der Waals surface area contributed by atoms with E-state index in [0.29, 0.717) is 16.7 Å². The van der Waals surface area contributed by atoms with E-state index in [1.54, 1.807) is 10.7 Å². The topological polar surface area (TPSA) is 96.8 Å². The normalized spacial score (nSPS) is 11.1. The minimum absolute atomic E-state index is 0.286. The molecule has 9 heteroatoms. The van der Waals surface area contributed by atoms with Crippen LogP contribution in [0.15, 0.2) is 18.2 Å². The third-order valence-electron chi connectivity index (χ3n) is 4.54. The van der Waals surface area contributed by atoms with Crippen LogP contribution in [0.5, 0.6) is 0 Å². The average molecular weight is 416 g/mol. The maximum atomic E-state index is 12.3. The maximum absolute atomic E-state index is 12.3. The first-order valence-electron chi connectivity index (χ1n) is 9.62. The number of anilines is 2. The van der Waals surface area contributed by atoms with Crippen molar-refractivity contribution in [3.8, 4) is 0 Å². The number of amides is 2. The summed E-state index contributed by atoms with van der Waals surface area (Å²) < 4.78 is 1.75. The zero-order valence-electron chi connectivity index (χ0n) is 17.3. The van der Waals surface area contributed by atoms with Crippen molar-refractivity contribution in [2.45, 2.75) is 46.5 Å². The number of nitrogens with one attached hydrogen (secondary N) is 3. The highest BCUT2D eigenvalue weighted by atomic mass is 35.5. The third-order valence-corrected chi connectivity index (χ3v) is 4.73. The molecule has 3 N–H and O–H groups in total. The van der Waals surface area contributed by atoms with Gasteiger partial charge in [0.1, 0.15) is 11.0 Å². The van der Waals surface area contributed by atoms with Gasteiger partial charge in [-0.15, -0.1) is 0 Å². The number of nitrogens with zero attached hydrogens (tertiary/aromatic N) is 4. The Bertz CT molecular complexity index is 1040. The Labute approximate surface area is 175 Å². The summed E-state index contributed by atoms with van der Waals surface area (Å²) in [5, 5.41) is 8.62. The standard InChI is InChI=1S/C20H26ClN7O/c1-6-7-13-8-14(9-16(21)22-13)23-20(29)26-25-17-10-15(11(2)3)18-12(4)27-28(5)19(18)24-17/h8-11H,6-7H2,1-5H3,(H,24,25)(H2,22,23,26,29). The molecule has 3 rings (SSSR count). The van der Waals surface area contributed by atoms with Gasteiger partial charge in [0.2, 0.25) is 0 Å². The molecule has 0 saturated carbocycles. The predicted molar refractivity (Wildman–Crippen MR) is 116 cm³/mol. The van der Waals surface area contributed by atoms with Gasteiger partial charge in [-0.25, -0.2) is 14.8 Å². The van der Waals surface area contributed by atoms with Crippen molar-refractivity contribution in [3.05, 3.63) is 40.3 Å². The van der Waals surface area contributed by atoms with Gasteiger partial charge in [-0.05, 0) is 43.0 Å². The van der Waals surface area contributed by atoms with E-state index in [9.17, 15) is 4.79 Å². The second kappa shape index (κ2) is 8.65. The molecular weight excluding hydrogens is 390 g/mol. The van der Waals surface area contributed by atoms with Crippen LogP contribution in [0, 0.1) is 6.92 Å². The number of urea groups is 1. The molecule has 0 spiro atoms. The number of hydrogen-bond donors (Lipinski definition) is 3. The molecular formula is C20H26ClN7O. The van der Waals surface area contributed by atoms with Crippen molar-refractivity contribution in [1.82, 2.24) is 25.2 Å². The number of rotatable bonds is 6. The Morgan fingerprint density at radius 1 is 1.24 bits per heavy atom. The molecule has 154 valence electrons. The van der Waals surface area contributed by atoms with Gasteiger partial charge in [0.05, 0.1) is 5.69 Å². The van der Waals surface area contributed by atoms with Crippen LogP contribution < -0.4 is 16.2 Å². The minimum Gasteiger partial charge on any atom is -0.306 e. The summed E-state index contributed by atoms with van der Waals surface area (Å²) in [4.78, 5) is 21.2. The largest absolute Gasteiger partial charge is 0.337 e. The molecule has 3 aromatic rings. The van der Waals surface area contributed by atoms with Gasteiger partial charge in [-0.3, -0.25) is 15.5 Å². The van der Waals surface area contributed by atoms with Crippen LogP contribution in [-0.2, 0) is 13.5 Å². The molecule has 0 aliphatic carbocycles. The molecule has 0 aliphatic heterocycles. The summed E-state index contributed by atoms with van der Waals surface area (Å²) in [6.45, 7) is 8.27. The Hall–Kier alpha value is -2.87. The van der Waals surface area contributed by atoms with Crippen LogP contribution in [0.1, 0.15) is 50.1 Å². The van der Waals surface area contributed by atoms with E-state index >= 15 is 0 Å². The summed E-state index contributed by atoms with van der Waals surface area (Å²) in [7, 11) is 1.86. The number of hydrazine groups is 1. The number of hydrogen-bond acceptors (Lipinski definition) is 5. The molecule has 3 aromatic heterocycles. The molecule has 0 unspecified atom stereocenters. The number of carbonyl (C=O) groups excluding carboxylic acids is 1. The number of fused-ring (bicyclic) bond motifs is 1. The molecule has 0 aliphatic rings. The first-order chi connectivity index (χ1) is 13.8. The zero-order chi connectivity index (χ0) is 21.1. The lowest BCUT2D eigenvalue weighted by Gasteiger charge is -2.13. The van der Waals surface area contributed by atoms with Gasteiger partial charge in [-0.1, -0.05) is 38.8 Å². The average Bonchev–Trinajstić information content (AvgIpc) is 2.93. The fourth-order valence-electron chi connectivity index (χ4n) is 3.29. The van der Waals surface area contributed by atoms with Crippen LogP contribution in [0.2, 0.25) is 5.15 Å². The van der Waals surface area contributed by atoms with E-state index in [1.807, 2.05) is 26.1 Å². The number of carbonyl (C=O) groups is 1. The molecule has 0 saturated heterocycles. The highest BCUT2D eigenvalue weighted by Crippen LogP contribution is 2.29. The van der Waals surface area contributed by atoms with Crippen molar-refractivity contribution in [1.29, 1.82) is 0 Å². The van der Waals surface area contributed by atoms with Gasteiger partial charge in [0.15, 0.2) is 5.65 Å². The van der Waals surface area contributed by atoms with Crippen LogP contribution in [0.25, 0.3) is 11.0 Å². The Kier molecular flexibility index (Phi) is 6.22. The van der Waals surface area contributed by atoms with E-state index in [-0.39, 0.29) is 5.92 Å². The summed E-state index contributed by atoms with van der Waals surface area (Å²) in [5.41, 5.74) is 9.75. The molecule has 2 amide bonds. The van der Waals surface area contributed by atoms with Crippen molar-refractivity contribution >= 4 is 40.2 Å². The Balaban J connectivity index is 1.75. The molecule has 8 nitrogen and oxygen atoms in total. The smallest absolute Gasteiger partial charge is 0.306 e.